The van der Waals surface area contributed by atoms with Gasteiger partial charge in [0.15, 0.2) is 0 Å². The van der Waals surface area contributed by atoms with Crippen LogP contribution in [0.3, 0.4) is 0 Å². The van der Waals surface area contributed by atoms with E-state index in [4.69, 9.17) is 4.74 Å². The van der Waals surface area contributed by atoms with Crippen molar-refractivity contribution in [2.75, 3.05) is 19.0 Å². The van der Waals surface area contributed by atoms with E-state index >= 15 is 0 Å². The number of ether oxygens (including phenoxy) is 1. The first-order chi connectivity index (χ1) is 8.29. The van der Waals surface area contributed by atoms with Crippen LogP contribution in [0.1, 0.15) is 32.1 Å². The number of methoxy groups -OCH3 is 1. The topological polar surface area (TPSA) is 47.0 Å². The molecule has 1 aromatic heterocycles. The molecule has 1 fully saturated rings. The van der Waals surface area contributed by atoms with Gasteiger partial charge in [-0.25, -0.2) is 4.98 Å². The van der Waals surface area contributed by atoms with Crippen LogP contribution in [0.5, 0.6) is 5.88 Å². The molecule has 1 saturated carbocycles. The molecule has 0 unspecified atom stereocenters. The molecule has 0 atom stereocenters. The average Bonchev–Trinajstić information content (AvgIpc) is 2.84. The molecule has 1 heterocycles. The molecule has 1 N–H and O–H groups in total. The Balaban J connectivity index is 1.81. The van der Waals surface area contributed by atoms with Gasteiger partial charge in [0, 0.05) is 6.54 Å². The zero-order chi connectivity index (χ0) is 12.1. The standard InChI is InChI=1S/C12H18BrN3O/c1-17-11-10(13)8-15-12(16-11)14-7-6-9-4-2-3-5-9/h8-9H,2-7H2,1H3,(H,14,15,16). The number of anilines is 1. The summed E-state index contributed by atoms with van der Waals surface area (Å²) < 4.78 is 5.91. The summed E-state index contributed by atoms with van der Waals surface area (Å²) in [5, 5.41) is 3.25. The van der Waals surface area contributed by atoms with E-state index < -0.39 is 0 Å². The van der Waals surface area contributed by atoms with E-state index in [0.717, 1.165) is 16.9 Å². The summed E-state index contributed by atoms with van der Waals surface area (Å²) in [4.78, 5) is 8.47. The molecule has 2 rings (SSSR count). The highest BCUT2D eigenvalue weighted by Gasteiger charge is 2.14. The lowest BCUT2D eigenvalue weighted by molar-refractivity contribution is 0.394. The summed E-state index contributed by atoms with van der Waals surface area (Å²) in [5.41, 5.74) is 0. The van der Waals surface area contributed by atoms with Gasteiger partial charge in [-0.05, 0) is 28.3 Å². The largest absolute Gasteiger partial charge is 0.480 e. The van der Waals surface area contributed by atoms with E-state index in [9.17, 15) is 0 Å². The van der Waals surface area contributed by atoms with Crippen LogP contribution in [-0.2, 0) is 0 Å². The number of hydrogen-bond acceptors (Lipinski definition) is 4. The van der Waals surface area contributed by atoms with Gasteiger partial charge in [0.1, 0.15) is 0 Å². The molecule has 0 radical (unpaired) electrons. The van der Waals surface area contributed by atoms with Crippen LogP contribution in [0.15, 0.2) is 10.7 Å². The Hall–Kier alpha value is -0.840. The third-order valence-corrected chi connectivity index (χ3v) is 3.76. The van der Waals surface area contributed by atoms with E-state index in [1.807, 2.05) is 0 Å². The Labute approximate surface area is 110 Å². The summed E-state index contributed by atoms with van der Waals surface area (Å²) >= 11 is 3.33. The van der Waals surface area contributed by atoms with Gasteiger partial charge in [-0.15, -0.1) is 0 Å². The summed E-state index contributed by atoms with van der Waals surface area (Å²) in [6.07, 6.45) is 8.48. The minimum atomic E-state index is 0.573. The van der Waals surface area contributed by atoms with Crippen LogP contribution in [0.2, 0.25) is 0 Å². The first kappa shape index (κ1) is 12.6. The first-order valence-electron chi connectivity index (χ1n) is 6.10. The number of halogens is 1. The average molecular weight is 300 g/mol. The third kappa shape index (κ3) is 3.56. The monoisotopic (exact) mass is 299 g/mol. The second kappa shape index (κ2) is 6.19. The van der Waals surface area contributed by atoms with Crippen molar-refractivity contribution in [3.63, 3.8) is 0 Å². The molecule has 1 aliphatic carbocycles. The van der Waals surface area contributed by atoms with Crippen LogP contribution < -0.4 is 10.1 Å². The number of aromatic nitrogens is 2. The molecular weight excluding hydrogens is 282 g/mol. The van der Waals surface area contributed by atoms with Gasteiger partial charge in [-0.3, -0.25) is 0 Å². The van der Waals surface area contributed by atoms with E-state index in [0.29, 0.717) is 11.8 Å². The van der Waals surface area contributed by atoms with Crippen molar-refractivity contribution in [1.29, 1.82) is 0 Å². The lowest BCUT2D eigenvalue weighted by atomic mass is 10.0. The Kier molecular flexibility index (Phi) is 4.59. The highest BCUT2D eigenvalue weighted by molar-refractivity contribution is 9.10. The molecule has 0 aromatic carbocycles. The zero-order valence-corrected chi connectivity index (χ0v) is 11.7. The van der Waals surface area contributed by atoms with Crippen LogP contribution in [0.25, 0.3) is 0 Å². The summed E-state index contributed by atoms with van der Waals surface area (Å²) in [7, 11) is 1.61. The Morgan fingerprint density at radius 1 is 1.47 bits per heavy atom. The first-order valence-corrected chi connectivity index (χ1v) is 6.89. The van der Waals surface area contributed by atoms with Crippen molar-refractivity contribution in [2.45, 2.75) is 32.1 Å². The molecule has 0 saturated heterocycles. The van der Waals surface area contributed by atoms with Crippen LogP contribution >= 0.6 is 15.9 Å². The van der Waals surface area contributed by atoms with E-state index in [1.165, 1.54) is 32.1 Å². The lowest BCUT2D eigenvalue weighted by Gasteiger charge is -2.10. The maximum atomic E-state index is 5.13. The minimum absolute atomic E-state index is 0.573. The fourth-order valence-electron chi connectivity index (χ4n) is 2.27. The molecule has 1 aromatic rings. The van der Waals surface area contributed by atoms with Gasteiger partial charge < -0.3 is 10.1 Å². The van der Waals surface area contributed by atoms with Gasteiger partial charge in [0.2, 0.25) is 11.8 Å². The second-order valence-corrected chi connectivity index (χ2v) is 5.27. The van der Waals surface area contributed by atoms with Crippen molar-refractivity contribution >= 4 is 21.9 Å². The normalized spacial score (nSPS) is 16.1. The maximum absolute atomic E-state index is 5.13. The predicted octanol–water partition coefficient (Wildman–Crippen LogP) is 3.24. The van der Waals surface area contributed by atoms with Crippen LogP contribution in [0.4, 0.5) is 5.95 Å². The van der Waals surface area contributed by atoms with Crippen molar-refractivity contribution < 1.29 is 4.74 Å². The van der Waals surface area contributed by atoms with Crippen LogP contribution in [0, 0.1) is 5.92 Å². The van der Waals surface area contributed by atoms with Gasteiger partial charge in [0.25, 0.3) is 0 Å². The molecule has 94 valence electrons. The van der Waals surface area contributed by atoms with Gasteiger partial charge in [-0.2, -0.15) is 4.98 Å². The van der Waals surface area contributed by atoms with Crippen molar-refractivity contribution in [1.82, 2.24) is 9.97 Å². The predicted molar refractivity (Wildman–Crippen MR) is 71.3 cm³/mol. The SMILES string of the molecule is COc1nc(NCCC2CCCC2)ncc1Br. The number of hydrogen-bond donors (Lipinski definition) is 1. The highest BCUT2D eigenvalue weighted by Crippen LogP contribution is 2.27. The van der Waals surface area contributed by atoms with E-state index in [1.54, 1.807) is 13.3 Å². The number of rotatable bonds is 5. The molecular formula is C12H18BrN3O. The van der Waals surface area contributed by atoms with Gasteiger partial charge in [0.05, 0.1) is 17.8 Å². The fourth-order valence-corrected chi connectivity index (χ4v) is 2.62. The molecule has 17 heavy (non-hydrogen) atoms. The summed E-state index contributed by atoms with van der Waals surface area (Å²) in [6, 6.07) is 0. The number of nitrogens with zero attached hydrogens (tertiary/aromatic N) is 2. The molecule has 1 aliphatic rings. The Morgan fingerprint density at radius 3 is 2.94 bits per heavy atom. The molecule has 0 spiro atoms. The zero-order valence-electron chi connectivity index (χ0n) is 10.1. The lowest BCUT2D eigenvalue weighted by Crippen LogP contribution is -2.09. The molecule has 0 amide bonds. The number of nitrogens with one attached hydrogen (secondary N) is 1. The minimum Gasteiger partial charge on any atom is -0.480 e. The molecule has 0 bridgehead atoms. The fraction of sp³-hybridized carbons (Fsp3) is 0.667. The molecule has 4 nitrogen and oxygen atoms in total. The highest BCUT2D eigenvalue weighted by atomic mass is 79.9. The van der Waals surface area contributed by atoms with Crippen molar-refractivity contribution in [3.8, 4) is 5.88 Å². The quantitative estimate of drug-likeness (QED) is 0.907. The molecule has 0 aliphatic heterocycles. The maximum Gasteiger partial charge on any atom is 0.232 e. The third-order valence-electron chi connectivity index (χ3n) is 3.22. The van der Waals surface area contributed by atoms with E-state index in [-0.39, 0.29) is 0 Å². The van der Waals surface area contributed by atoms with Crippen molar-refractivity contribution in [3.05, 3.63) is 10.7 Å². The van der Waals surface area contributed by atoms with Gasteiger partial charge >= 0.3 is 0 Å². The van der Waals surface area contributed by atoms with Crippen molar-refractivity contribution in [2.24, 2.45) is 5.92 Å². The van der Waals surface area contributed by atoms with Gasteiger partial charge in [-0.1, -0.05) is 25.7 Å². The van der Waals surface area contributed by atoms with Crippen LogP contribution in [-0.4, -0.2) is 23.6 Å². The Morgan fingerprint density at radius 2 is 2.24 bits per heavy atom. The second-order valence-electron chi connectivity index (χ2n) is 4.42. The smallest absolute Gasteiger partial charge is 0.232 e. The Bertz CT molecular complexity index is 367. The summed E-state index contributed by atoms with van der Waals surface area (Å²) in [5.74, 6) is 2.10. The summed E-state index contributed by atoms with van der Waals surface area (Å²) in [6.45, 7) is 0.940. The molecule has 5 heteroatoms. The van der Waals surface area contributed by atoms with E-state index in [2.05, 4.69) is 31.2 Å².